The zero-order valence-electron chi connectivity index (χ0n) is 10.3. The zero-order chi connectivity index (χ0) is 12.3. The van der Waals surface area contributed by atoms with E-state index >= 15 is 0 Å². The SMILES string of the molecule is CN(CCc1nccn1C)c1ccc(N)cc1. The number of anilines is 2. The number of benzene rings is 1. The summed E-state index contributed by atoms with van der Waals surface area (Å²) in [6.07, 6.45) is 4.74. The van der Waals surface area contributed by atoms with Crippen LogP contribution in [0, 0.1) is 0 Å². The van der Waals surface area contributed by atoms with Crippen molar-refractivity contribution in [3.05, 3.63) is 42.5 Å². The molecule has 4 heteroatoms. The number of imidazole rings is 1. The molecule has 0 unspecified atom stereocenters. The van der Waals surface area contributed by atoms with Gasteiger partial charge in [-0.1, -0.05) is 0 Å². The molecule has 0 aliphatic rings. The minimum absolute atomic E-state index is 0.797. The quantitative estimate of drug-likeness (QED) is 0.813. The average molecular weight is 230 g/mol. The van der Waals surface area contributed by atoms with E-state index in [0.29, 0.717) is 0 Å². The summed E-state index contributed by atoms with van der Waals surface area (Å²) in [6.45, 7) is 0.939. The molecule has 17 heavy (non-hydrogen) atoms. The van der Waals surface area contributed by atoms with E-state index in [1.54, 1.807) is 0 Å². The molecule has 1 heterocycles. The molecule has 1 aromatic heterocycles. The van der Waals surface area contributed by atoms with Gasteiger partial charge >= 0.3 is 0 Å². The summed E-state index contributed by atoms with van der Waals surface area (Å²) in [5, 5.41) is 0. The first-order chi connectivity index (χ1) is 8.16. The Hall–Kier alpha value is -1.97. The fourth-order valence-corrected chi connectivity index (χ4v) is 1.76. The molecular weight excluding hydrogens is 212 g/mol. The Kier molecular flexibility index (Phi) is 3.32. The van der Waals surface area contributed by atoms with Gasteiger partial charge < -0.3 is 15.2 Å². The van der Waals surface area contributed by atoms with Crippen LogP contribution in [0.15, 0.2) is 36.7 Å². The van der Waals surface area contributed by atoms with E-state index in [9.17, 15) is 0 Å². The molecule has 4 nitrogen and oxygen atoms in total. The van der Waals surface area contributed by atoms with E-state index in [4.69, 9.17) is 5.73 Å². The van der Waals surface area contributed by atoms with E-state index in [1.807, 2.05) is 43.7 Å². The predicted molar refractivity (Wildman–Crippen MR) is 71.0 cm³/mol. The number of rotatable bonds is 4. The summed E-state index contributed by atoms with van der Waals surface area (Å²) in [5.41, 5.74) is 7.64. The van der Waals surface area contributed by atoms with Gasteiger partial charge in [-0.25, -0.2) is 4.98 Å². The molecule has 0 fully saturated rings. The van der Waals surface area contributed by atoms with Gasteiger partial charge in [0.25, 0.3) is 0 Å². The van der Waals surface area contributed by atoms with Crippen molar-refractivity contribution in [2.75, 3.05) is 24.2 Å². The summed E-state index contributed by atoms with van der Waals surface area (Å²) in [5.74, 6) is 1.10. The van der Waals surface area contributed by atoms with Gasteiger partial charge in [0.15, 0.2) is 0 Å². The van der Waals surface area contributed by atoms with Crippen LogP contribution >= 0.6 is 0 Å². The highest BCUT2D eigenvalue weighted by Crippen LogP contribution is 2.14. The van der Waals surface area contributed by atoms with Gasteiger partial charge in [-0.3, -0.25) is 0 Å². The van der Waals surface area contributed by atoms with Crippen LogP contribution in [0.5, 0.6) is 0 Å². The maximum atomic E-state index is 5.67. The van der Waals surface area contributed by atoms with Crippen LogP contribution in [0.2, 0.25) is 0 Å². The lowest BCUT2D eigenvalue weighted by atomic mass is 10.2. The molecule has 0 atom stereocenters. The molecule has 2 N–H and O–H groups in total. The van der Waals surface area contributed by atoms with Gasteiger partial charge in [0.1, 0.15) is 5.82 Å². The number of aromatic nitrogens is 2. The lowest BCUT2D eigenvalue weighted by Gasteiger charge is -2.19. The van der Waals surface area contributed by atoms with Crippen molar-refractivity contribution >= 4 is 11.4 Å². The summed E-state index contributed by atoms with van der Waals surface area (Å²) < 4.78 is 2.05. The van der Waals surface area contributed by atoms with Crippen molar-refractivity contribution in [1.82, 2.24) is 9.55 Å². The van der Waals surface area contributed by atoms with Crippen molar-refractivity contribution < 1.29 is 0 Å². The number of likely N-dealkylation sites (N-methyl/N-ethyl adjacent to an activating group) is 1. The maximum absolute atomic E-state index is 5.67. The van der Waals surface area contributed by atoms with Gasteiger partial charge in [0.2, 0.25) is 0 Å². The van der Waals surface area contributed by atoms with Crippen molar-refractivity contribution in [2.45, 2.75) is 6.42 Å². The average Bonchev–Trinajstić information content (AvgIpc) is 2.73. The monoisotopic (exact) mass is 230 g/mol. The van der Waals surface area contributed by atoms with Gasteiger partial charge in [0.05, 0.1) is 0 Å². The van der Waals surface area contributed by atoms with E-state index in [-0.39, 0.29) is 0 Å². The van der Waals surface area contributed by atoms with Gasteiger partial charge in [-0.15, -0.1) is 0 Å². The Morgan fingerprint density at radius 1 is 1.29 bits per heavy atom. The molecule has 0 radical (unpaired) electrons. The molecule has 0 aliphatic carbocycles. The fraction of sp³-hybridized carbons (Fsp3) is 0.308. The molecule has 2 rings (SSSR count). The Bertz CT molecular complexity index is 472. The molecule has 0 saturated heterocycles. The van der Waals surface area contributed by atoms with E-state index in [2.05, 4.69) is 21.5 Å². The highest BCUT2D eigenvalue weighted by atomic mass is 15.1. The van der Waals surface area contributed by atoms with Crippen LogP contribution in [0.25, 0.3) is 0 Å². The predicted octanol–water partition coefficient (Wildman–Crippen LogP) is 1.68. The zero-order valence-corrected chi connectivity index (χ0v) is 10.3. The lowest BCUT2D eigenvalue weighted by Crippen LogP contribution is -2.21. The molecule has 90 valence electrons. The van der Waals surface area contributed by atoms with E-state index in [0.717, 1.165) is 24.5 Å². The van der Waals surface area contributed by atoms with Crippen molar-refractivity contribution in [3.63, 3.8) is 0 Å². The molecule has 0 saturated carbocycles. The second-order valence-electron chi connectivity index (χ2n) is 4.22. The lowest BCUT2D eigenvalue weighted by molar-refractivity contribution is 0.757. The largest absolute Gasteiger partial charge is 0.399 e. The number of hydrogen-bond acceptors (Lipinski definition) is 3. The third-order valence-electron chi connectivity index (χ3n) is 2.93. The third kappa shape index (κ3) is 2.78. The molecule has 0 bridgehead atoms. The highest BCUT2D eigenvalue weighted by Gasteiger charge is 2.03. The molecular formula is C13H18N4. The standard InChI is InChI=1S/C13H18N4/c1-16(12-5-3-11(14)4-6-12)9-7-13-15-8-10-17(13)2/h3-6,8,10H,7,9,14H2,1-2H3. The smallest absolute Gasteiger partial charge is 0.110 e. The number of nitrogens with two attached hydrogens (primary N) is 1. The van der Waals surface area contributed by atoms with E-state index < -0.39 is 0 Å². The van der Waals surface area contributed by atoms with Crippen LogP contribution in [0.3, 0.4) is 0 Å². The minimum atomic E-state index is 0.797. The molecule has 0 aliphatic heterocycles. The first-order valence-electron chi connectivity index (χ1n) is 5.69. The summed E-state index contributed by atoms with van der Waals surface area (Å²) in [6, 6.07) is 7.92. The molecule has 0 spiro atoms. The fourth-order valence-electron chi connectivity index (χ4n) is 1.76. The normalized spacial score (nSPS) is 10.5. The van der Waals surface area contributed by atoms with Crippen molar-refractivity contribution in [3.8, 4) is 0 Å². The maximum Gasteiger partial charge on any atom is 0.110 e. The van der Waals surface area contributed by atoms with Crippen LogP contribution in [-0.4, -0.2) is 23.1 Å². The number of nitrogen functional groups attached to an aromatic ring is 1. The van der Waals surface area contributed by atoms with Crippen LogP contribution in [-0.2, 0) is 13.5 Å². The Morgan fingerprint density at radius 3 is 2.59 bits per heavy atom. The van der Waals surface area contributed by atoms with E-state index in [1.165, 1.54) is 5.69 Å². The van der Waals surface area contributed by atoms with Gasteiger partial charge in [0, 0.05) is 50.8 Å². The van der Waals surface area contributed by atoms with Crippen molar-refractivity contribution in [2.24, 2.45) is 7.05 Å². The number of aryl methyl sites for hydroxylation is 1. The second kappa shape index (κ2) is 4.91. The van der Waals surface area contributed by atoms with Gasteiger partial charge in [-0.2, -0.15) is 0 Å². The Morgan fingerprint density at radius 2 is 2.00 bits per heavy atom. The van der Waals surface area contributed by atoms with Gasteiger partial charge in [-0.05, 0) is 24.3 Å². The minimum Gasteiger partial charge on any atom is -0.399 e. The molecule has 2 aromatic rings. The second-order valence-corrected chi connectivity index (χ2v) is 4.22. The van der Waals surface area contributed by atoms with Crippen LogP contribution in [0.1, 0.15) is 5.82 Å². The Labute approximate surface area is 102 Å². The summed E-state index contributed by atoms with van der Waals surface area (Å²) >= 11 is 0. The number of hydrogen-bond donors (Lipinski definition) is 1. The molecule has 0 amide bonds. The topological polar surface area (TPSA) is 47.1 Å². The molecule has 1 aromatic carbocycles. The first kappa shape index (κ1) is 11.5. The number of nitrogens with zero attached hydrogens (tertiary/aromatic N) is 3. The summed E-state index contributed by atoms with van der Waals surface area (Å²) in [4.78, 5) is 6.51. The third-order valence-corrected chi connectivity index (χ3v) is 2.93. The van der Waals surface area contributed by atoms with Crippen LogP contribution < -0.4 is 10.6 Å². The summed E-state index contributed by atoms with van der Waals surface area (Å²) in [7, 11) is 4.10. The highest BCUT2D eigenvalue weighted by molar-refractivity contribution is 5.52. The Balaban J connectivity index is 1.95. The van der Waals surface area contributed by atoms with Crippen molar-refractivity contribution in [1.29, 1.82) is 0 Å². The first-order valence-corrected chi connectivity index (χ1v) is 5.69. The van der Waals surface area contributed by atoms with Crippen LogP contribution in [0.4, 0.5) is 11.4 Å².